The third-order valence-corrected chi connectivity index (χ3v) is 3.53. The highest BCUT2D eigenvalue weighted by Crippen LogP contribution is 2.26. The Balaban J connectivity index is 2.07. The van der Waals surface area contributed by atoms with Crippen molar-refractivity contribution >= 4 is 0 Å². The molecule has 2 rings (SSSR count). The summed E-state index contributed by atoms with van der Waals surface area (Å²) in [4.78, 5) is 0. The zero-order valence-electron chi connectivity index (χ0n) is 10.9. The fourth-order valence-corrected chi connectivity index (χ4v) is 2.61. The first-order chi connectivity index (χ1) is 8.35. The van der Waals surface area contributed by atoms with Gasteiger partial charge in [-0.05, 0) is 37.4 Å². The number of benzene rings is 1. The number of nitrogens with one attached hydrogen (secondary N) is 1. The lowest BCUT2D eigenvalue weighted by atomic mass is 9.97. The van der Waals surface area contributed by atoms with E-state index in [4.69, 9.17) is 4.74 Å². The predicted octanol–water partition coefficient (Wildman–Crippen LogP) is 3.08. The van der Waals surface area contributed by atoms with Crippen LogP contribution in [0.15, 0.2) is 24.3 Å². The lowest BCUT2D eigenvalue weighted by molar-refractivity contribution is 0.0807. The molecule has 0 aromatic heterocycles. The van der Waals surface area contributed by atoms with Gasteiger partial charge < -0.3 is 10.1 Å². The fourth-order valence-electron chi connectivity index (χ4n) is 2.61. The smallest absolute Gasteiger partial charge is 0.0770 e. The Hall–Kier alpha value is -0.860. The number of hydrogen-bond donors (Lipinski definition) is 1. The van der Waals surface area contributed by atoms with Gasteiger partial charge in [-0.25, -0.2) is 0 Å². The molecule has 1 fully saturated rings. The van der Waals surface area contributed by atoms with Crippen LogP contribution in [0.1, 0.15) is 43.4 Å². The van der Waals surface area contributed by atoms with E-state index >= 15 is 0 Å². The van der Waals surface area contributed by atoms with Crippen molar-refractivity contribution in [2.24, 2.45) is 0 Å². The number of hydrogen-bond acceptors (Lipinski definition) is 2. The Morgan fingerprint density at radius 1 is 1.35 bits per heavy atom. The molecule has 2 nitrogen and oxygen atoms in total. The van der Waals surface area contributed by atoms with Crippen molar-refractivity contribution in [3.8, 4) is 0 Å². The van der Waals surface area contributed by atoms with Crippen molar-refractivity contribution in [1.29, 1.82) is 0 Å². The van der Waals surface area contributed by atoms with Gasteiger partial charge in [-0.2, -0.15) is 0 Å². The number of rotatable bonds is 5. The SMILES string of the molecule is CCCc1ccc(C(NC)C2CCCO2)cc1. The summed E-state index contributed by atoms with van der Waals surface area (Å²) in [6, 6.07) is 9.32. The van der Waals surface area contributed by atoms with Crippen LogP contribution in [0.3, 0.4) is 0 Å². The molecule has 1 aliphatic rings. The molecule has 17 heavy (non-hydrogen) atoms. The summed E-state index contributed by atoms with van der Waals surface area (Å²) >= 11 is 0. The third-order valence-electron chi connectivity index (χ3n) is 3.53. The molecule has 1 aromatic carbocycles. The van der Waals surface area contributed by atoms with E-state index in [0.29, 0.717) is 12.1 Å². The van der Waals surface area contributed by atoms with Gasteiger partial charge in [0.15, 0.2) is 0 Å². The van der Waals surface area contributed by atoms with Crippen molar-refractivity contribution in [2.75, 3.05) is 13.7 Å². The number of likely N-dealkylation sites (N-methyl/N-ethyl adjacent to an activating group) is 1. The lowest BCUT2D eigenvalue weighted by Gasteiger charge is -2.23. The van der Waals surface area contributed by atoms with Gasteiger partial charge in [-0.3, -0.25) is 0 Å². The largest absolute Gasteiger partial charge is 0.376 e. The van der Waals surface area contributed by atoms with Crippen LogP contribution in [0, 0.1) is 0 Å². The molecular formula is C15H23NO. The molecule has 0 radical (unpaired) electrons. The van der Waals surface area contributed by atoms with Crippen molar-refractivity contribution in [3.05, 3.63) is 35.4 Å². The van der Waals surface area contributed by atoms with E-state index in [9.17, 15) is 0 Å². The second kappa shape index (κ2) is 6.18. The minimum atomic E-state index is 0.341. The van der Waals surface area contributed by atoms with E-state index in [1.807, 2.05) is 7.05 Å². The van der Waals surface area contributed by atoms with Crippen molar-refractivity contribution < 1.29 is 4.74 Å². The summed E-state index contributed by atoms with van der Waals surface area (Å²) in [6.07, 6.45) is 5.08. The topological polar surface area (TPSA) is 21.3 Å². The van der Waals surface area contributed by atoms with Crippen LogP contribution in [0.5, 0.6) is 0 Å². The van der Waals surface area contributed by atoms with Crippen LogP contribution in [-0.4, -0.2) is 19.8 Å². The zero-order chi connectivity index (χ0) is 12.1. The molecule has 94 valence electrons. The lowest BCUT2D eigenvalue weighted by Crippen LogP contribution is -2.28. The first-order valence-electron chi connectivity index (χ1n) is 6.73. The Bertz CT molecular complexity index is 327. The van der Waals surface area contributed by atoms with Gasteiger partial charge in [-0.1, -0.05) is 37.6 Å². The van der Waals surface area contributed by atoms with Gasteiger partial charge in [0, 0.05) is 6.61 Å². The Morgan fingerprint density at radius 2 is 2.12 bits per heavy atom. The van der Waals surface area contributed by atoms with E-state index < -0.39 is 0 Å². The van der Waals surface area contributed by atoms with Crippen LogP contribution in [-0.2, 0) is 11.2 Å². The first kappa shape index (κ1) is 12.6. The van der Waals surface area contributed by atoms with Gasteiger partial charge in [0.2, 0.25) is 0 Å². The van der Waals surface area contributed by atoms with E-state index in [-0.39, 0.29) is 0 Å². The summed E-state index contributed by atoms with van der Waals surface area (Å²) in [5.74, 6) is 0. The number of ether oxygens (including phenoxy) is 1. The fraction of sp³-hybridized carbons (Fsp3) is 0.600. The summed E-state index contributed by atoms with van der Waals surface area (Å²) in [7, 11) is 2.02. The van der Waals surface area contributed by atoms with Crippen molar-refractivity contribution in [2.45, 2.75) is 44.8 Å². The molecule has 1 aliphatic heterocycles. The molecule has 0 amide bonds. The van der Waals surface area contributed by atoms with E-state index in [1.165, 1.54) is 36.8 Å². The average Bonchev–Trinajstić information content (AvgIpc) is 2.86. The quantitative estimate of drug-likeness (QED) is 0.844. The van der Waals surface area contributed by atoms with E-state index in [0.717, 1.165) is 6.61 Å². The van der Waals surface area contributed by atoms with Gasteiger partial charge in [-0.15, -0.1) is 0 Å². The predicted molar refractivity (Wildman–Crippen MR) is 71.2 cm³/mol. The Labute approximate surface area is 104 Å². The first-order valence-corrected chi connectivity index (χ1v) is 6.73. The maximum Gasteiger partial charge on any atom is 0.0770 e. The molecule has 1 saturated heterocycles. The molecule has 1 aromatic rings. The van der Waals surface area contributed by atoms with E-state index in [2.05, 4.69) is 36.5 Å². The van der Waals surface area contributed by atoms with Gasteiger partial charge in [0.1, 0.15) is 0 Å². The molecule has 2 unspecified atom stereocenters. The van der Waals surface area contributed by atoms with Crippen LogP contribution >= 0.6 is 0 Å². The molecule has 1 N–H and O–H groups in total. The normalized spacial score (nSPS) is 21.6. The standard InChI is InChI=1S/C15H23NO/c1-3-5-12-7-9-13(10-8-12)15(16-2)14-6-4-11-17-14/h7-10,14-16H,3-6,11H2,1-2H3. The summed E-state index contributed by atoms with van der Waals surface area (Å²) in [5, 5.41) is 3.39. The maximum absolute atomic E-state index is 5.78. The molecule has 0 bridgehead atoms. The minimum Gasteiger partial charge on any atom is -0.376 e. The zero-order valence-corrected chi connectivity index (χ0v) is 10.9. The second-order valence-electron chi connectivity index (χ2n) is 4.81. The van der Waals surface area contributed by atoms with Crippen LogP contribution in [0.25, 0.3) is 0 Å². The highest BCUT2D eigenvalue weighted by atomic mass is 16.5. The summed E-state index contributed by atoms with van der Waals surface area (Å²) < 4.78 is 5.78. The van der Waals surface area contributed by atoms with Gasteiger partial charge in [0.05, 0.1) is 12.1 Å². The van der Waals surface area contributed by atoms with Crippen molar-refractivity contribution in [3.63, 3.8) is 0 Å². The van der Waals surface area contributed by atoms with Gasteiger partial charge in [0.25, 0.3) is 0 Å². The minimum absolute atomic E-state index is 0.341. The Kier molecular flexibility index (Phi) is 4.57. The molecular weight excluding hydrogens is 210 g/mol. The molecule has 2 atom stereocenters. The molecule has 0 spiro atoms. The summed E-state index contributed by atoms with van der Waals surface area (Å²) in [5.41, 5.74) is 2.78. The molecule has 2 heteroatoms. The highest BCUT2D eigenvalue weighted by Gasteiger charge is 2.25. The third kappa shape index (κ3) is 3.08. The average molecular weight is 233 g/mol. The monoisotopic (exact) mass is 233 g/mol. The highest BCUT2D eigenvalue weighted by molar-refractivity contribution is 5.26. The number of aryl methyl sites for hydroxylation is 1. The molecule has 0 aliphatic carbocycles. The van der Waals surface area contributed by atoms with Gasteiger partial charge >= 0.3 is 0 Å². The van der Waals surface area contributed by atoms with Crippen LogP contribution in [0.2, 0.25) is 0 Å². The van der Waals surface area contributed by atoms with Crippen LogP contribution < -0.4 is 5.32 Å². The van der Waals surface area contributed by atoms with Crippen molar-refractivity contribution in [1.82, 2.24) is 5.32 Å². The van der Waals surface area contributed by atoms with Crippen LogP contribution in [0.4, 0.5) is 0 Å². The Morgan fingerprint density at radius 3 is 2.65 bits per heavy atom. The molecule has 0 saturated carbocycles. The second-order valence-corrected chi connectivity index (χ2v) is 4.81. The molecule has 1 heterocycles. The van der Waals surface area contributed by atoms with E-state index in [1.54, 1.807) is 0 Å². The maximum atomic E-state index is 5.78. The summed E-state index contributed by atoms with van der Waals surface area (Å²) in [6.45, 7) is 3.13.